The molecule has 3 aromatic heterocycles. The van der Waals surface area contributed by atoms with Gasteiger partial charge in [0, 0.05) is 30.9 Å². The van der Waals surface area contributed by atoms with Crippen molar-refractivity contribution in [3.05, 3.63) is 55.0 Å². The van der Waals surface area contributed by atoms with Crippen LogP contribution in [0.25, 0.3) is 22.3 Å². The molecule has 1 amide bonds. The zero-order chi connectivity index (χ0) is 22.1. The predicted octanol–water partition coefficient (Wildman–Crippen LogP) is 2.67. The molecule has 2 N–H and O–H groups in total. The summed E-state index contributed by atoms with van der Waals surface area (Å²) in [6.07, 6.45) is 9.08. The van der Waals surface area contributed by atoms with Crippen molar-refractivity contribution in [1.29, 1.82) is 0 Å². The van der Waals surface area contributed by atoms with Crippen molar-refractivity contribution in [1.82, 2.24) is 29.6 Å². The van der Waals surface area contributed by atoms with E-state index in [9.17, 15) is 4.79 Å². The second kappa shape index (κ2) is 8.00. The van der Waals surface area contributed by atoms with Gasteiger partial charge in [-0.25, -0.2) is 19.6 Å². The minimum absolute atomic E-state index is 0.0634. The third-order valence-electron chi connectivity index (χ3n) is 5.41. The Hall–Kier alpha value is -4.45. The standard InChI is InChI=1S/C23H19N7O2/c1-2-19(31)29-11-10-16(13-29)30-23-20(22(24)26-14-27-23)21(28-30)15-8-9-18(25-12-15)32-17-6-4-3-5-7-17/h1,3-9,12,14,16H,10-11,13H2,(H2,24,26,27)/t16-/m0/s1. The third kappa shape index (κ3) is 3.48. The van der Waals surface area contributed by atoms with Crippen molar-refractivity contribution >= 4 is 22.8 Å². The molecule has 1 aromatic carbocycles. The van der Waals surface area contributed by atoms with Gasteiger partial charge in [0.1, 0.15) is 23.6 Å². The van der Waals surface area contributed by atoms with Crippen molar-refractivity contribution in [3.8, 4) is 35.2 Å². The molecule has 1 aliphatic heterocycles. The maximum atomic E-state index is 11.9. The van der Waals surface area contributed by atoms with E-state index >= 15 is 0 Å². The van der Waals surface area contributed by atoms with Crippen LogP contribution in [0.1, 0.15) is 12.5 Å². The fourth-order valence-corrected chi connectivity index (χ4v) is 3.86. The van der Waals surface area contributed by atoms with Crippen molar-refractivity contribution < 1.29 is 9.53 Å². The van der Waals surface area contributed by atoms with Gasteiger partial charge in [-0.05, 0) is 30.5 Å². The number of likely N-dealkylation sites (tertiary alicyclic amines) is 1. The smallest absolute Gasteiger partial charge is 0.298 e. The molecular weight excluding hydrogens is 406 g/mol. The van der Waals surface area contributed by atoms with E-state index in [1.807, 2.05) is 36.4 Å². The van der Waals surface area contributed by atoms with E-state index in [4.69, 9.17) is 22.0 Å². The summed E-state index contributed by atoms with van der Waals surface area (Å²) in [7, 11) is 0. The van der Waals surface area contributed by atoms with Crippen LogP contribution < -0.4 is 10.5 Å². The first kappa shape index (κ1) is 19.5. The molecule has 32 heavy (non-hydrogen) atoms. The molecule has 0 aliphatic carbocycles. The number of carbonyl (C=O) groups excluding carboxylic acids is 1. The highest BCUT2D eigenvalue weighted by atomic mass is 16.5. The molecule has 9 heteroatoms. The molecule has 0 unspecified atom stereocenters. The molecule has 1 saturated heterocycles. The van der Waals surface area contributed by atoms with E-state index in [-0.39, 0.29) is 11.9 Å². The molecule has 0 saturated carbocycles. The Labute approximate surface area is 183 Å². The number of aromatic nitrogens is 5. The average Bonchev–Trinajstić information content (AvgIpc) is 3.46. The first-order chi connectivity index (χ1) is 15.6. The molecule has 4 aromatic rings. The zero-order valence-electron chi connectivity index (χ0n) is 17.0. The summed E-state index contributed by atoms with van der Waals surface area (Å²) >= 11 is 0. The number of para-hydroxylation sites is 1. The number of nitrogens with zero attached hydrogens (tertiary/aromatic N) is 6. The number of carbonyl (C=O) groups is 1. The van der Waals surface area contributed by atoms with Gasteiger partial charge in [0.25, 0.3) is 5.91 Å². The second-order valence-corrected chi connectivity index (χ2v) is 7.39. The molecular formula is C23H19N7O2. The highest BCUT2D eigenvalue weighted by Gasteiger charge is 2.30. The number of rotatable bonds is 4. The molecule has 158 valence electrons. The Morgan fingerprint density at radius 1 is 1.16 bits per heavy atom. The lowest BCUT2D eigenvalue weighted by atomic mass is 10.1. The lowest BCUT2D eigenvalue weighted by molar-refractivity contribution is -0.124. The van der Waals surface area contributed by atoms with E-state index in [1.54, 1.807) is 21.8 Å². The summed E-state index contributed by atoms with van der Waals surface area (Å²) in [4.78, 5) is 26.5. The number of nitrogens with two attached hydrogens (primary N) is 1. The van der Waals surface area contributed by atoms with Crippen LogP contribution >= 0.6 is 0 Å². The normalized spacial score (nSPS) is 15.6. The number of terminal acetylenes is 1. The van der Waals surface area contributed by atoms with Gasteiger partial charge in [-0.1, -0.05) is 18.2 Å². The number of pyridine rings is 1. The lowest BCUT2D eigenvalue weighted by Gasteiger charge is -2.13. The van der Waals surface area contributed by atoms with Gasteiger partial charge in [-0.3, -0.25) is 4.79 Å². The number of benzene rings is 1. The van der Waals surface area contributed by atoms with Crippen LogP contribution in [0.15, 0.2) is 55.0 Å². The first-order valence-electron chi connectivity index (χ1n) is 10.1. The van der Waals surface area contributed by atoms with Crippen LogP contribution in [0.2, 0.25) is 0 Å². The number of hydrogen-bond donors (Lipinski definition) is 1. The van der Waals surface area contributed by atoms with Gasteiger partial charge >= 0.3 is 0 Å². The topological polar surface area (TPSA) is 112 Å². The molecule has 4 heterocycles. The number of amides is 1. The lowest BCUT2D eigenvalue weighted by Crippen LogP contribution is -2.27. The highest BCUT2D eigenvalue weighted by molar-refractivity contribution is 5.98. The van der Waals surface area contributed by atoms with Gasteiger partial charge in [-0.15, -0.1) is 6.42 Å². The fraction of sp³-hybridized carbons (Fsp3) is 0.174. The quantitative estimate of drug-likeness (QED) is 0.500. The van der Waals surface area contributed by atoms with E-state index in [0.717, 1.165) is 12.0 Å². The summed E-state index contributed by atoms with van der Waals surface area (Å²) in [5.74, 6) is 3.34. The van der Waals surface area contributed by atoms with Crippen molar-refractivity contribution in [2.24, 2.45) is 0 Å². The molecule has 1 aliphatic rings. The molecule has 0 spiro atoms. The minimum atomic E-state index is -0.323. The van der Waals surface area contributed by atoms with Gasteiger partial charge < -0.3 is 15.4 Å². The van der Waals surface area contributed by atoms with Crippen LogP contribution in [0.4, 0.5) is 5.82 Å². The van der Waals surface area contributed by atoms with E-state index in [0.29, 0.717) is 47.3 Å². The summed E-state index contributed by atoms with van der Waals surface area (Å²) < 4.78 is 7.58. The molecule has 1 atom stereocenters. The second-order valence-electron chi connectivity index (χ2n) is 7.39. The van der Waals surface area contributed by atoms with E-state index in [1.165, 1.54) is 6.33 Å². The highest BCUT2D eigenvalue weighted by Crippen LogP contribution is 2.34. The van der Waals surface area contributed by atoms with E-state index in [2.05, 4.69) is 20.9 Å². The number of ether oxygens (including phenoxy) is 1. The predicted molar refractivity (Wildman–Crippen MR) is 119 cm³/mol. The number of nitrogen functional groups attached to an aromatic ring is 1. The van der Waals surface area contributed by atoms with Crippen LogP contribution in [0, 0.1) is 12.3 Å². The number of anilines is 1. The van der Waals surface area contributed by atoms with Gasteiger partial charge in [-0.2, -0.15) is 5.10 Å². The van der Waals surface area contributed by atoms with Crippen molar-refractivity contribution in [2.75, 3.05) is 18.8 Å². The molecule has 0 bridgehead atoms. The molecule has 0 radical (unpaired) electrons. The van der Waals surface area contributed by atoms with Crippen LogP contribution in [0.3, 0.4) is 0 Å². The zero-order valence-corrected chi connectivity index (χ0v) is 17.0. The Morgan fingerprint density at radius 2 is 2.00 bits per heavy atom. The molecule has 9 nitrogen and oxygen atoms in total. The van der Waals surface area contributed by atoms with Crippen LogP contribution in [-0.4, -0.2) is 48.6 Å². The molecule has 5 rings (SSSR count). The summed E-state index contributed by atoms with van der Waals surface area (Å²) in [5, 5.41) is 5.45. The SMILES string of the molecule is C#CC(=O)N1CC[C@H](n2nc(-c3ccc(Oc4ccccc4)nc3)c3c(N)ncnc32)C1. The summed E-state index contributed by atoms with van der Waals surface area (Å²) in [5.41, 5.74) is 8.18. The average molecular weight is 425 g/mol. The van der Waals surface area contributed by atoms with Crippen LogP contribution in [-0.2, 0) is 4.79 Å². The third-order valence-corrected chi connectivity index (χ3v) is 5.41. The Balaban J connectivity index is 1.50. The fourth-order valence-electron chi connectivity index (χ4n) is 3.86. The molecule has 1 fully saturated rings. The summed E-state index contributed by atoms with van der Waals surface area (Å²) in [6.45, 7) is 1.03. The van der Waals surface area contributed by atoms with Crippen molar-refractivity contribution in [3.63, 3.8) is 0 Å². The van der Waals surface area contributed by atoms with Crippen LogP contribution in [0.5, 0.6) is 11.6 Å². The minimum Gasteiger partial charge on any atom is -0.439 e. The Kier molecular flexibility index (Phi) is 4.88. The maximum Gasteiger partial charge on any atom is 0.298 e. The number of fused-ring (bicyclic) bond motifs is 1. The van der Waals surface area contributed by atoms with Crippen molar-refractivity contribution in [2.45, 2.75) is 12.5 Å². The van der Waals surface area contributed by atoms with Gasteiger partial charge in [0.15, 0.2) is 5.65 Å². The number of hydrogen-bond acceptors (Lipinski definition) is 7. The van der Waals surface area contributed by atoms with Gasteiger partial charge in [0.2, 0.25) is 5.88 Å². The van der Waals surface area contributed by atoms with E-state index < -0.39 is 0 Å². The maximum absolute atomic E-state index is 11.9. The Morgan fingerprint density at radius 3 is 2.75 bits per heavy atom. The summed E-state index contributed by atoms with van der Waals surface area (Å²) in [6, 6.07) is 13.0. The largest absolute Gasteiger partial charge is 0.439 e. The Bertz CT molecular complexity index is 1330. The first-order valence-corrected chi connectivity index (χ1v) is 10.1. The monoisotopic (exact) mass is 425 g/mol. The van der Waals surface area contributed by atoms with Gasteiger partial charge in [0.05, 0.1) is 11.4 Å².